The Morgan fingerprint density at radius 2 is 1.42 bits per heavy atom. The SMILES string of the molecule is CCCc1cnc(CCc2ccc3c(F)c(CCc4cc(F)c(Cl)c(F)c4)ccc3c2)nc1. The highest BCUT2D eigenvalue weighted by molar-refractivity contribution is 6.30. The molecule has 0 saturated carbocycles. The summed E-state index contributed by atoms with van der Waals surface area (Å²) in [5.74, 6) is -1.11. The summed E-state index contributed by atoms with van der Waals surface area (Å²) in [4.78, 5) is 8.87. The van der Waals surface area contributed by atoms with E-state index >= 15 is 4.39 Å². The van der Waals surface area contributed by atoms with E-state index in [1.54, 1.807) is 12.1 Å². The Morgan fingerprint density at radius 1 is 0.727 bits per heavy atom. The third kappa shape index (κ3) is 5.53. The van der Waals surface area contributed by atoms with Gasteiger partial charge in [0, 0.05) is 24.2 Å². The molecule has 0 aliphatic heterocycles. The van der Waals surface area contributed by atoms with Crippen LogP contribution in [0, 0.1) is 17.5 Å². The Bertz CT molecular complexity index is 1250. The molecule has 0 spiro atoms. The smallest absolute Gasteiger partial charge is 0.145 e. The fraction of sp³-hybridized carbons (Fsp3) is 0.259. The number of hydrogen-bond acceptors (Lipinski definition) is 2. The molecule has 0 radical (unpaired) electrons. The van der Waals surface area contributed by atoms with Crippen LogP contribution < -0.4 is 0 Å². The summed E-state index contributed by atoms with van der Waals surface area (Å²) in [5.41, 5.74) is 3.17. The van der Waals surface area contributed by atoms with Crippen molar-refractivity contribution in [3.05, 3.63) is 105 Å². The van der Waals surface area contributed by atoms with E-state index in [0.717, 1.165) is 41.6 Å². The lowest BCUT2D eigenvalue weighted by Crippen LogP contribution is -2.00. The number of aromatic nitrogens is 2. The van der Waals surface area contributed by atoms with E-state index in [4.69, 9.17) is 11.6 Å². The molecule has 2 nitrogen and oxygen atoms in total. The number of nitrogens with zero attached hydrogens (tertiary/aromatic N) is 2. The monoisotopic (exact) mass is 468 g/mol. The van der Waals surface area contributed by atoms with E-state index in [0.29, 0.717) is 35.8 Å². The number of benzene rings is 3. The number of hydrogen-bond donors (Lipinski definition) is 0. The predicted octanol–water partition coefficient (Wildman–Crippen LogP) is 7.22. The molecule has 0 amide bonds. The summed E-state index contributed by atoms with van der Waals surface area (Å²) in [6.07, 6.45) is 7.93. The lowest BCUT2D eigenvalue weighted by Gasteiger charge is -2.09. The molecular formula is C27H24ClF3N2. The van der Waals surface area contributed by atoms with Crippen molar-refractivity contribution in [1.82, 2.24) is 9.97 Å². The van der Waals surface area contributed by atoms with Gasteiger partial charge in [-0.05, 0) is 65.5 Å². The maximum atomic E-state index is 15.1. The first-order chi connectivity index (χ1) is 15.9. The van der Waals surface area contributed by atoms with Crippen molar-refractivity contribution in [2.45, 2.75) is 45.4 Å². The van der Waals surface area contributed by atoms with Crippen molar-refractivity contribution >= 4 is 22.4 Å². The van der Waals surface area contributed by atoms with Crippen molar-refractivity contribution in [2.75, 3.05) is 0 Å². The zero-order chi connectivity index (χ0) is 23.4. The number of rotatable bonds is 8. The van der Waals surface area contributed by atoms with Crippen LogP contribution in [0.25, 0.3) is 10.8 Å². The van der Waals surface area contributed by atoms with Gasteiger partial charge in [-0.25, -0.2) is 23.1 Å². The third-order valence-electron chi connectivity index (χ3n) is 5.76. The van der Waals surface area contributed by atoms with Gasteiger partial charge in [0.25, 0.3) is 0 Å². The minimum Gasteiger partial charge on any atom is -0.241 e. The van der Waals surface area contributed by atoms with Gasteiger partial charge in [-0.15, -0.1) is 0 Å². The van der Waals surface area contributed by atoms with Crippen LogP contribution in [0.3, 0.4) is 0 Å². The third-order valence-corrected chi connectivity index (χ3v) is 6.12. The molecule has 4 aromatic rings. The summed E-state index contributed by atoms with van der Waals surface area (Å²) in [7, 11) is 0. The van der Waals surface area contributed by atoms with Crippen LogP contribution in [0.15, 0.2) is 54.9 Å². The van der Waals surface area contributed by atoms with Gasteiger partial charge >= 0.3 is 0 Å². The largest absolute Gasteiger partial charge is 0.241 e. The van der Waals surface area contributed by atoms with Crippen LogP contribution in [0.5, 0.6) is 0 Å². The van der Waals surface area contributed by atoms with Gasteiger partial charge < -0.3 is 0 Å². The molecule has 6 heteroatoms. The first-order valence-corrected chi connectivity index (χ1v) is 11.5. The van der Waals surface area contributed by atoms with Crippen LogP contribution >= 0.6 is 11.6 Å². The number of fused-ring (bicyclic) bond motifs is 1. The molecule has 0 N–H and O–H groups in total. The maximum Gasteiger partial charge on any atom is 0.145 e. The molecule has 3 aromatic carbocycles. The Kier molecular flexibility index (Phi) is 7.29. The van der Waals surface area contributed by atoms with E-state index in [2.05, 4.69) is 16.9 Å². The van der Waals surface area contributed by atoms with Gasteiger partial charge in [0.05, 0.1) is 0 Å². The number of halogens is 4. The van der Waals surface area contributed by atoms with Crippen molar-refractivity contribution in [1.29, 1.82) is 0 Å². The highest BCUT2D eigenvalue weighted by Gasteiger charge is 2.12. The molecule has 0 bridgehead atoms. The summed E-state index contributed by atoms with van der Waals surface area (Å²) < 4.78 is 42.4. The Morgan fingerprint density at radius 3 is 2.12 bits per heavy atom. The molecule has 0 aliphatic rings. The van der Waals surface area contributed by atoms with Crippen molar-refractivity contribution in [3.8, 4) is 0 Å². The summed E-state index contributed by atoms with van der Waals surface area (Å²) >= 11 is 5.53. The lowest BCUT2D eigenvalue weighted by molar-refractivity contribution is 0.579. The Balaban J connectivity index is 1.44. The van der Waals surface area contributed by atoms with Crippen molar-refractivity contribution in [3.63, 3.8) is 0 Å². The lowest BCUT2D eigenvalue weighted by atomic mass is 9.98. The zero-order valence-electron chi connectivity index (χ0n) is 18.3. The van der Waals surface area contributed by atoms with E-state index in [9.17, 15) is 8.78 Å². The molecule has 0 unspecified atom stereocenters. The molecule has 33 heavy (non-hydrogen) atoms. The average molecular weight is 469 g/mol. The predicted molar refractivity (Wildman–Crippen MR) is 126 cm³/mol. The second-order valence-corrected chi connectivity index (χ2v) is 8.60. The standard InChI is InChI=1S/C27H24ClF3N2/c1-2-3-19-15-32-25(33-16-19)11-6-17-5-10-22-21(12-17)9-8-20(27(22)31)7-4-18-13-23(29)26(28)24(30)14-18/h5,8-10,12-16H,2-4,6-7,11H2,1H3. The van der Waals surface area contributed by atoms with E-state index in [1.165, 1.54) is 12.1 Å². The molecule has 1 aromatic heterocycles. The first kappa shape index (κ1) is 23.2. The van der Waals surface area contributed by atoms with Crippen LogP contribution in [0.1, 0.15) is 41.4 Å². The Labute approximate surface area is 196 Å². The summed E-state index contributed by atoms with van der Waals surface area (Å²) in [5, 5.41) is 0.827. The van der Waals surface area contributed by atoms with Gasteiger partial charge in [-0.1, -0.05) is 55.3 Å². The average Bonchev–Trinajstić information content (AvgIpc) is 2.82. The second kappa shape index (κ2) is 10.3. The van der Waals surface area contributed by atoms with Crippen LogP contribution in [-0.2, 0) is 32.1 Å². The first-order valence-electron chi connectivity index (χ1n) is 11.1. The minimum absolute atomic E-state index is 0.302. The fourth-order valence-electron chi connectivity index (χ4n) is 3.95. The van der Waals surface area contributed by atoms with Gasteiger partial charge in [0.1, 0.15) is 28.3 Å². The summed E-state index contributed by atoms with van der Waals surface area (Å²) in [6.45, 7) is 2.13. The van der Waals surface area contributed by atoms with Gasteiger partial charge in [-0.3, -0.25) is 0 Å². The summed E-state index contributed by atoms with van der Waals surface area (Å²) in [6, 6.07) is 11.7. The topological polar surface area (TPSA) is 25.8 Å². The highest BCUT2D eigenvalue weighted by atomic mass is 35.5. The van der Waals surface area contributed by atoms with Crippen LogP contribution in [-0.4, -0.2) is 9.97 Å². The second-order valence-electron chi connectivity index (χ2n) is 8.23. The van der Waals surface area contributed by atoms with E-state index in [1.807, 2.05) is 30.6 Å². The molecule has 1 heterocycles. The van der Waals surface area contributed by atoms with Crippen LogP contribution in [0.2, 0.25) is 5.02 Å². The molecule has 0 saturated heterocycles. The minimum atomic E-state index is -0.805. The molecule has 0 atom stereocenters. The van der Waals surface area contributed by atoms with Gasteiger partial charge in [0.2, 0.25) is 0 Å². The van der Waals surface area contributed by atoms with E-state index < -0.39 is 16.7 Å². The van der Waals surface area contributed by atoms with Crippen molar-refractivity contribution < 1.29 is 13.2 Å². The Hall–Kier alpha value is -2.92. The molecule has 4 rings (SSSR count). The fourth-order valence-corrected chi connectivity index (χ4v) is 4.06. The highest BCUT2D eigenvalue weighted by Crippen LogP contribution is 2.25. The van der Waals surface area contributed by atoms with Crippen LogP contribution in [0.4, 0.5) is 13.2 Å². The maximum absolute atomic E-state index is 15.1. The molecule has 0 fully saturated rings. The van der Waals surface area contributed by atoms with E-state index in [-0.39, 0.29) is 5.82 Å². The normalized spacial score (nSPS) is 11.3. The van der Waals surface area contributed by atoms with Gasteiger partial charge in [0.15, 0.2) is 0 Å². The quantitative estimate of drug-likeness (QED) is 0.255. The zero-order valence-corrected chi connectivity index (χ0v) is 19.1. The van der Waals surface area contributed by atoms with Crippen molar-refractivity contribution in [2.24, 2.45) is 0 Å². The number of aryl methyl sites for hydroxylation is 5. The molecule has 170 valence electrons. The van der Waals surface area contributed by atoms with Gasteiger partial charge in [-0.2, -0.15) is 0 Å². The molecular weight excluding hydrogens is 445 g/mol. The molecule has 0 aliphatic carbocycles.